The van der Waals surface area contributed by atoms with Gasteiger partial charge in [-0.3, -0.25) is 0 Å². The molecule has 1 N–H and O–H groups in total. The van der Waals surface area contributed by atoms with Crippen molar-refractivity contribution in [2.75, 3.05) is 18.8 Å². The Morgan fingerprint density at radius 1 is 1.00 bits per heavy atom. The minimum atomic E-state index is 0.577. The predicted molar refractivity (Wildman–Crippen MR) is 89.9 cm³/mol. The van der Waals surface area contributed by atoms with Gasteiger partial charge < -0.3 is 10.2 Å². The lowest BCUT2D eigenvalue weighted by molar-refractivity contribution is 0.181. The summed E-state index contributed by atoms with van der Waals surface area (Å²) in [6, 6.07) is 11.3. The highest BCUT2D eigenvalue weighted by molar-refractivity contribution is 7.99. The van der Waals surface area contributed by atoms with Crippen LogP contribution >= 0.6 is 11.8 Å². The van der Waals surface area contributed by atoms with Crippen molar-refractivity contribution in [1.29, 1.82) is 0 Å². The molecule has 3 aliphatic rings. The maximum atomic E-state index is 3.99. The first kappa shape index (κ1) is 14.1. The molecular weight excluding hydrogens is 276 g/mol. The van der Waals surface area contributed by atoms with Gasteiger partial charge in [-0.25, -0.2) is 0 Å². The molecule has 1 aromatic rings. The highest BCUT2D eigenvalue weighted by Gasteiger charge is 2.32. The van der Waals surface area contributed by atoms with Crippen molar-refractivity contribution in [3.05, 3.63) is 29.8 Å². The molecule has 1 atom stereocenters. The molecule has 4 rings (SSSR count). The Labute approximate surface area is 132 Å². The predicted octanol–water partition coefficient (Wildman–Crippen LogP) is 3.83. The number of fused-ring (bicyclic) bond motifs is 1. The van der Waals surface area contributed by atoms with Gasteiger partial charge in [-0.2, -0.15) is 0 Å². The van der Waals surface area contributed by atoms with E-state index in [0.29, 0.717) is 6.04 Å². The third kappa shape index (κ3) is 3.30. The molecule has 0 radical (unpaired) electrons. The summed E-state index contributed by atoms with van der Waals surface area (Å²) < 4.78 is 0. The molecule has 2 fully saturated rings. The molecular formula is C18H26N2S. The summed E-state index contributed by atoms with van der Waals surface area (Å²) in [5.74, 6) is 1.27. The zero-order chi connectivity index (χ0) is 14.1. The molecule has 0 bridgehead atoms. The van der Waals surface area contributed by atoms with Gasteiger partial charge in [-0.1, -0.05) is 18.2 Å². The van der Waals surface area contributed by atoms with E-state index >= 15 is 0 Å². The van der Waals surface area contributed by atoms with Gasteiger partial charge in [0.25, 0.3) is 0 Å². The molecule has 21 heavy (non-hydrogen) atoms. The fourth-order valence-corrected chi connectivity index (χ4v) is 4.94. The number of hydrogen-bond acceptors (Lipinski definition) is 3. The quantitative estimate of drug-likeness (QED) is 0.913. The minimum Gasteiger partial charge on any atom is -0.307 e. The lowest BCUT2D eigenvalue weighted by Gasteiger charge is -2.35. The van der Waals surface area contributed by atoms with Crippen LogP contribution in [0.5, 0.6) is 0 Å². The largest absolute Gasteiger partial charge is 0.307 e. The molecule has 1 aliphatic carbocycles. The number of benzene rings is 1. The molecule has 0 aromatic heterocycles. The van der Waals surface area contributed by atoms with Crippen LogP contribution in [0.25, 0.3) is 0 Å². The summed E-state index contributed by atoms with van der Waals surface area (Å²) >= 11 is 2.04. The van der Waals surface area contributed by atoms with E-state index in [2.05, 4.69) is 34.5 Å². The fourth-order valence-electron chi connectivity index (χ4n) is 3.85. The maximum Gasteiger partial charge on any atom is 0.0334 e. The van der Waals surface area contributed by atoms with Gasteiger partial charge in [-0.05, 0) is 69.0 Å². The van der Waals surface area contributed by atoms with E-state index in [0.717, 1.165) is 12.1 Å². The molecule has 1 aromatic carbocycles. The Hall–Kier alpha value is -0.510. The van der Waals surface area contributed by atoms with Crippen LogP contribution in [0.15, 0.2) is 29.2 Å². The highest BCUT2D eigenvalue weighted by Crippen LogP contribution is 2.35. The Balaban J connectivity index is 1.40. The smallest absolute Gasteiger partial charge is 0.0334 e. The number of thioether (sulfide) groups is 1. The zero-order valence-electron chi connectivity index (χ0n) is 12.8. The van der Waals surface area contributed by atoms with E-state index in [1.54, 1.807) is 5.56 Å². The van der Waals surface area contributed by atoms with Crippen LogP contribution in [0.3, 0.4) is 0 Å². The third-order valence-electron chi connectivity index (χ3n) is 5.22. The van der Waals surface area contributed by atoms with Gasteiger partial charge in [0.2, 0.25) is 0 Å². The molecule has 0 amide bonds. The number of hydrogen-bond donors (Lipinski definition) is 1. The van der Waals surface area contributed by atoms with Crippen LogP contribution in [0, 0.1) is 0 Å². The molecule has 114 valence electrons. The number of rotatable bonds is 3. The van der Waals surface area contributed by atoms with Crippen LogP contribution in [-0.4, -0.2) is 35.8 Å². The summed E-state index contributed by atoms with van der Waals surface area (Å²) in [7, 11) is 0. The minimum absolute atomic E-state index is 0.577. The average Bonchev–Trinajstić information content (AvgIpc) is 3.36. The van der Waals surface area contributed by atoms with Crippen LogP contribution in [0.2, 0.25) is 0 Å². The van der Waals surface area contributed by atoms with Gasteiger partial charge in [0.1, 0.15) is 0 Å². The molecule has 0 spiro atoms. The third-order valence-corrected chi connectivity index (χ3v) is 6.39. The van der Waals surface area contributed by atoms with Crippen molar-refractivity contribution in [2.24, 2.45) is 0 Å². The van der Waals surface area contributed by atoms with E-state index in [-0.39, 0.29) is 0 Å². The normalized spacial score (nSPS) is 28.1. The molecule has 2 aliphatic heterocycles. The second-order valence-electron chi connectivity index (χ2n) is 6.79. The Morgan fingerprint density at radius 3 is 2.62 bits per heavy atom. The van der Waals surface area contributed by atoms with Crippen LogP contribution in [-0.2, 0) is 0 Å². The maximum absolute atomic E-state index is 3.99. The van der Waals surface area contributed by atoms with E-state index in [4.69, 9.17) is 0 Å². The van der Waals surface area contributed by atoms with E-state index in [1.807, 2.05) is 11.8 Å². The van der Waals surface area contributed by atoms with Crippen molar-refractivity contribution < 1.29 is 0 Å². The summed E-state index contributed by atoms with van der Waals surface area (Å²) in [5, 5.41) is 3.99. The SMILES string of the molecule is c1ccc2c(c1)SCCC[C@@H]2NC1CCN(C2CC2)CC1. The first-order valence-corrected chi connectivity index (χ1v) is 9.60. The van der Waals surface area contributed by atoms with Crippen LogP contribution < -0.4 is 5.32 Å². The van der Waals surface area contributed by atoms with Gasteiger partial charge in [0.05, 0.1) is 0 Å². The monoisotopic (exact) mass is 302 g/mol. The van der Waals surface area contributed by atoms with Gasteiger partial charge in [0, 0.05) is 23.0 Å². The number of likely N-dealkylation sites (tertiary alicyclic amines) is 1. The second-order valence-corrected chi connectivity index (χ2v) is 7.93. The average molecular weight is 302 g/mol. The topological polar surface area (TPSA) is 15.3 Å². The standard InChI is InChI=1S/C18H26N2S/c1-2-6-18-16(4-1)17(5-3-13-21-18)19-14-9-11-20(12-10-14)15-7-8-15/h1-2,4,6,14-15,17,19H,3,5,7-13H2/t17-/m0/s1. The highest BCUT2D eigenvalue weighted by atomic mass is 32.2. The fraction of sp³-hybridized carbons (Fsp3) is 0.667. The summed E-state index contributed by atoms with van der Waals surface area (Å²) in [6.45, 7) is 2.62. The zero-order valence-corrected chi connectivity index (χ0v) is 13.6. The van der Waals surface area contributed by atoms with E-state index in [9.17, 15) is 0 Å². The number of nitrogens with one attached hydrogen (secondary N) is 1. The number of piperidine rings is 1. The molecule has 0 unspecified atom stereocenters. The Kier molecular flexibility index (Phi) is 4.24. The lowest BCUT2D eigenvalue weighted by atomic mass is 9.98. The summed E-state index contributed by atoms with van der Waals surface area (Å²) in [5.41, 5.74) is 1.55. The second kappa shape index (κ2) is 6.31. The van der Waals surface area contributed by atoms with E-state index in [1.165, 1.54) is 62.3 Å². The summed E-state index contributed by atoms with van der Waals surface area (Å²) in [4.78, 5) is 4.22. The number of nitrogens with zero attached hydrogens (tertiary/aromatic N) is 1. The molecule has 2 heterocycles. The first-order chi connectivity index (χ1) is 10.4. The molecule has 3 heteroatoms. The van der Waals surface area contributed by atoms with Crippen molar-refractivity contribution in [3.8, 4) is 0 Å². The molecule has 2 nitrogen and oxygen atoms in total. The van der Waals surface area contributed by atoms with E-state index < -0.39 is 0 Å². The first-order valence-electron chi connectivity index (χ1n) is 8.62. The van der Waals surface area contributed by atoms with Gasteiger partial charge >= 0.3 is 0 Å². The van der Waals surface area contributed by atoms with Crippen LogP contribution in [0.4, 0.5) is 0 Å². The lowest BCUT2D eigenvalue weighted by Crippen LogP contribution is -2.44. The van der Waals surface area contributed by atoms with Gasteiger partial charge in [-0.15, -0.1) is 11.8 Å². The van der Waals surface area contributed by atoms with Crippen LogP contribution in [0.1, 0.15) is 50.1 Å². The summed E-state index contributed by atoms with van der Waals surface area (Å²) in [6.07, 6.45) is 8.20. The Morgan fingerprint density at radius 2 is 1.81 bits per heavy atom. The van der Waals surface area contributed by atoms with Crippen molar-refractivity contribution in [2.45, 2.75) is 61.5 Å². The van der Waals surface area contributed by atoms with Crippen molar-refractivity contribution >= 4 is 11.8 Å². The Bertz CT molecular complexity index is 478. The van der Waals surface area contributed by atoms with Gasteiger partial charge in [0.15, 0.2) is 0 Å². The van der Waals surface area contributed by atoms with Crippen molar-refractivity contribution in [1.82, 2.24) is 10.2 Å². The van der Waals surface area contributed by atoms with Crippen molar-refractivity contribution in [3.63, 3.8) is 0 Å². The molecule has 1 saturated heterocycles. The molecule has 1 saturated carbocycles.